The number of carbonyl (C=O) groups is 1. The molecule has 0 atom stereocenters. The van der Waals surface area contributed by atoms with Crippen molar-refractivity contribution in [3.63, 3.8) is 0 Å². The van der Waals surface area contributed by atoms with Gasteiger partial charge in [-0.3, -0.25) is 4.79 Å². The number of amides is 1. The summed E-state index contributed by atoms with van der Waals surface area (Å²) in [5.41, 5.74) is 1.42. The first-order valence-corrected chi connectivity index (χ1v) is 9.81. The van der Waals surface area contributed by atoms with E-state index in [9.17, 15) is 17.6 Å². The molecule has 0 saturated carbocycles. The van der Waals surface area contributed by atoms with Crippen molar-refractivity contribution >= 4 is 27.5 Å². The van der Waals surface area contributed by atoms with Crippen LogP contribution in [-0.4, -0.2) is 32.3 Å². The summed E-state index contributed by atoms with van der Waals surface area (Å²) in [6.45, 7) is 3.66. The maximum atomic E-state index is 13.0. The Morgan fingerprint density at radius 3 is 2.42 bits per heavy atom. The number of nitrogens with one attached hydrogen (secondary N) is 1. The van der Waals surface area contributed by atoms with Crippen LogP contribution in [0.15, 0.2) is 47.4 Å². The molecule has 0 saturated heterocycles. The van der Waals surface area contributed by atoms with Crippen LogP contribution in [0.2, 0.25) is 5.02 Å². The topological polar surface area (TPSA) is 66.5 Å². The Morgan fingerprint density at radius 2 is 1.85 bits per heavy atom. The van der Waals surface area contributed by atoms with Gasteiger partial charge in [-0.25, -0.2) is 17.5 Å². The molecule has 26 heavy (non-hydrogen) atoms. The van der Waals surface area contributed by atoms with Gasteiger partial charge in [-0.2, -0.15) is 0 Å². The van der Waals surface area contributed by atoms with Crippen LogP contribution in [0.25, 0.3) is 0 Å². The molecule has 2 aromatic rings. The number of rotatable bonds is 7. The van der Waals surface area contributed by atoms with Crippen LogP contribution >= 0.6 is 11.6 Å². The molecule has 0 fully saturated rings. The Labute approximate surface area is 157 Å². The molecule has 1 amide bonds. The van der Waals surface area contributed by atoms with Gasteiger partial charge < -0.3 is 4.90 Å². The van der Waals surface area contributed by atoms with Crippen molar-refractivity contribution in [1.82, 2.24) is 9.62 Å². The highest BCUT2D eigenvalue weighted by Gasteiger charge is 2.16. The lowest BCUT2D eigenvalue weighted by molar-refractivity contribution is -0.129. The van der Waals surface area contributed by atoms with Crippen LogP contribution in [0.1, 0.15) is 18.1 Å². The van der Waals surface area contributed by atoms with E-state index in [1.54, 1.807) is 19.1 Å². The zero-order valence-corrected chi connectivity index (χ0v) is 16.1. The van der Waals surface area contributed by atoms with Crippen molar-refractivity contribution in [2.75, 3.05) is 13.1 Å². The van der Waals surface area contributed by atoms with Gasteiger partial charge in [-0.1, -0.05) is 23.7 Å². The molecule has 1 N–H and O–H groups in total. The van der Waals surface area contributed by atoms with Gasteiger partial charge in [0.25, 0.3) is 0 Å². The summed E-state index contributed by atoms with van der Waals surface area (Å²) < 4.78 is 40.1. The van der Waals surface area contributed by atoms with Gasteiger partial charge in [0, 0.05) is 31.6 Å². The third-order valence-electron chi connectivity index (χ3n) is 3.85. The molecule has 0 bridgehead atoms. The largest absolute Gasteiger partial charge is 0.337 e. The molecule has 5 nitrogen and oxygen atoms in total. The minimum absolute atomic E-state index is 0.0603. The second kappa shape index (κ2) is 8.62. The minimum atomic E-state index is -3.70. The van der Waals surface area contributed by atoms with E-state index in [1.807, 2.05) is 0 Å². The molecule has 0 radical (unpaired) electrons. The molecule has 0 spiro atoms. The number of hydrogen-bond acceptors (Lipinski definition) is 3. The normalized spacial score (nSPS) is 11.4. The fourth-order valence-corrected chi connectivity index (χ4v) is 3.56. The van der Waals surface area contributed by atoms with E-state index in [4.69, 9.17) is 11.6 Å². The number of benzene rings is 2. The van der Waals surface area contributed by atoms with E-state index in [2.05, 4.69) is 4.72 Å². The SMILES string of the molecule is CC(=O)N(CCNS(=O)(=O)c1ccc(Cl)c(C)c1)Cc1ccc(F)cc1. The first-order chi connectivity index (χ1) is 12.2. The summed E-state index contributed by atoms with van der Waals surface area (Å²) in [5.74, 6) is -0.551. The van der Waals surface area contributed by atoms with Crippen molar-refractivity contribution in [1.29, 1.82) is 0 Å². The van der Waals surface area contributed by atoms with E-state index in [1.165, 1.54) is 42.2 Å². The molecular weight excluding hydrogens is 379 g/mol. The predicted octanol–water partition coefficient (Wildman–Crippen LogP) is 3.11. The Hall–Kier alpha value is -1.96. The van der Waals surface area contributed by atoms with Crippen molar-refractivity contribution in [2.24, 2.45) is 0 Å². The van der Waals surface area contributed by atoms with Gasteiger partial charge in [-0.15, -0.1) is 0 Å². The molecule has 0 aliphatic rings. The van der Waals surface area contributed by atoms with Gasteiger partial charge in [0.2, 0.25) is 15.9 Å². The molecule has 0 aliphatic carbocycles. The van der Waals surface area contributed by atoms with Crippen molar-refractivity contribution in [3.8, 4) is 0 Å². The van der Waals surface area contributed by atoms with Crippen LogP contribution in [0.5, 0.6) is 0 Å². The predicted molar refractivity (Wildman–Crippen MR) is 98.9 cm³/mol. The first kappa shape index (κ1) is 20.4. The Morgan fingerprint density at radius 1 is 1.19 bits per heavy atom. The minimum Gasteiger partial charge on any atom is -0.337 e. The van der Waals surface area contributed by atoms with Gasteiger partial charge in [0.05, 0.1) is 4.90 Å². The quantitative estimate of drug-likeness (QED) is 0.779. The summed E-state index contributed by atoms with van der Waals surface area (Å²) in [6.07, 6.45) is 0. The molecule has 0 aliphatic heterocycles. The highest BCUT2D eigenvalue weighted by Crippen LogP contribution is 2.19. The lowest BCUT2D eigenvalue weighted by Gasteiger charge is -2.21. The smallest absolute Gasteiger partial charge is 0.240 e. The van der Waals surface area contributed by atoms with Gasteiger partial charge in [-0.05, 0) is 48.4 Å². The lowest BCUT2D eigenvalue weighted by Crippen LogP contribution is -2.37. The first-order valence-electron chi connectivity index (χ1n) is 7.95. The maximum Gasteiger partial charge on any atom is 0.240 e. The average molecular weight is 399 g/mol. The second-order valence-electron chi connectivity index (χ2n) is 5.88. The van der Waals surface area contributed by atoms with E-state index in [-0.39, 0.29) is 36.3 Å². The summed E-state index contributed by atoms with van der Waals surface area (Å²) in [4.78, 5) is 13.4. The van der Waals surface area contributed by atoms with Gasteiger partial charge >= 0.3 is 0 Å². The van der Waals surface area contributed by atoms with E-state index in [0.29, 0.717) is 10.6 Å². The monoisotopic (exact) mass is 398 g/mol. The summed E-state index contributed by atoms with van der Waals surface area (Å²) in [5, 5.41) is 0.492. The zero-order valence-electron chi connectivity index (χ0n) is 14.5. The van der Waals surface area contributed by atoms with E-state index >= 15 is 0 Å². The fourth-order valence-electron chi connectivity index (χ4n) is 2.34. The van der Waals surface area contributed by atoms with E-state index < -0.39 is 10.0 Å². The number of halogens is 2. The van der Waals surface area contributed by atoms with Crippen LogP contribution in [-0.2, 0) is 21.4 Å². The maximum absolute atomic E-state index is 13.0. The Balaban J connectivity index is 1.99. The van der Waals surface area contributed by atoms with Crippen molar-refractivity contribution < 1.29 is 17.6 Å². The van der Waals surface area contributed by atoms with Crippen LogP contribution in [0, 0.1) is 12.7 Å². The number of hydrogen-bond donors (Lipinski definition) is 1. The van der Waals surface area contributed by atoms with Gasteiger partial charge in [0.1, 0.15) is 5.82 Å². The Bertz CT molecular complexity index is 886. The van der Waals surface area contributed by atoms with E-state index in [0.717, 1.165) is 5.56 Å². The molecular formula is C18H20ClFN2O3S. The molecule has 0 aromatic heterocycles. The lowest BCUT2D eigenvalue weighted by atomic mass is 10.2. The van der Waals surface area contributed by atoms with Crippen LogP contribution < -0.4 is 4.72 Å². The zero-order chi connectivity index (χ0) is 19.3. The number of carbonyl (C=O) groups excluding carboxylic acids is 1. The number of sulfonamides is 1. The molecule has 8 heteroatoms. The van der Waals surface area contributed by atoms with Crippen LogP contribution in [0.4, 0.5) is 4.39 Å². The highest BCUT2D eigenvalue weighted by atomic mass is 35.5. The summed E-state index contributed by atoms with van der Waals surface area (Å²) in [6, 6.07) is 10.3. The van der Waals surface area contributed by atoms with Gasteiger partial charge in [0.15, 0.2) is 0 Å². The standard InChI is InChI=1S/C18H20ClFN2O3S/c1-13-11-17(7-8-18(13)19)26(24,25)21-9-10-22(14(2)23)12-15-3-5-16(20)6-4-15/h3-8,11,21H,9-10,12H2,1-2H3. The molecule has 0 heterocycles. The third-order valence-corrected chi connectivity index (χ3v) is 5.73. The fraction of sp³-hybridized carbons (Fsp3) is 0.278. The molecule has 0 unspecified atom stereocenters. The third kappa shape index (κ3) is 5.52. The number of aryl methyl sites for hydroxylation is 1. The van der Waals surface area contributed by atoms with Crippen molar-refractivity contribution in [2.45, 2.75) is 25.3 Å². The number of nitrogens with zero attached hydrogens (tertiary/aromatic N) is 1. The second-order valence-corrected chi connectivity index (χ2v) is 8.05. The van der Waals surface area contributed by atoms with Crippen molar-refractivity contribution in [3.05, 3.63) is 64.4 Å². The molecule has 2 aromatic carbocycles. The highest BCUT2D eigenvalue weighted by molar-refractivity contribution is 7.89. The molecule has 2 rings (SSSR count). The average Bonchev–Trinajstić information content (AvgIpc) is 2.58. The molecule has 140 valence electrons. The van der Waals surface area contributed by atoms with Crippen LogP contribution in [0.3, 0.4) is 0 Å². The summed E-state index contributed by atoms with van der Waals surface area (Å²) in [7, 11) is -3.70. The Kier molecular flexibility index (Phi) is 6.75. The summed E-state index contributed by atoms with van der Waals surface area (Å²) >= 11 is 5.92.